The Morgan fingerprint density at radius 2 is 1.41 bits per heavy atom. The minimum atomic E-state index is -1.01. The molecule has 2 aliphatic rings. The molecule has 2 fully saturated rings. The molecule has 39 heavy (non-hydrogen) atoms. The number of amides is 2. The van der Waals surface area contributed by atoms with Gasteiger partial charge < -0.3 is 9.47 Å². The minimum absolute atomic E-state index is 0.360. The zero-order valence-corrected chi connectivity index (χ0v) is 21.0. The number of anilines is 2. The summed E-state index contributed by atoms with van der Waals surface area (Å²) in [5, 5.41) is 1.62. The predicted octanol–water partition coefficient (Wildman–Crippen LogP) is 4.97. The van der Waals surface area contributed by atoms with E-state index in [0.717, 1.165) is 10.5 Å². The molecule has 0 N–H and O–H groups in total. The molecule has 4 aromatic carbocycles. The van der Waals surface area contributed by atoms with Crippen LogP contribution < -0.4 is 19.4 Å². The Balaban J connectivity index is 1.34. The van der Waals surface area contributed by atoms with Gasteiger partial charge >= 0.3 is 5.97 Å². The molecule has 2 aliphatic heterocycles. The molecule has 4 aromatic rings. The molecule has 6 rings (SSSR count). The zero-order chi connectivity index (χ0) is 26.9. The zero-order valence-electron chi connectivity index (χ0n) is 21.0. The van der Waals surface area contributed by atoms with Crippen molar-refractivity contribution in [3.05, 3.63) is 120 Å². The molecule has 3 atom stereocenters. The largest absolute Gasteiger partial charge is 0.495 e. The number of carbonyl (C=O) groups excluding carboxylic acids is 3. The Morgan fingerprint density at radius 3 is 2.10 bits per heavy atom. The second-order valence-electron chi connectivity index (χ2n) is 9.17. The third kappa shape index (κ3) is 4.30. The Labute approximate surface area is 224 Å². The number of hydroxylamine groups is 1. The number of fused-ring (bicyclic) bond motifs is 1. The number of imide groups is 1. The molecule has 0 aromatic heterocycles. The summed E-state index contributed by atoms with van der Waals surface area (Å²) < 4.78 is 10.9. The molecule has 8 heteroatoms. The Hall–Kier alpha value is -4.95. The SMILES string of the molecule is COc1ccccc1N1C(=O)[C@H]2[C@@H](c3ccc(OC(=O)c4ccccc4)cc3)N(c3ccccc3)O[C@H]2C1=O. The second-order valence-corrected chi connectivity index (χ2v) is 9.17. The van der Waals surface area contributed by atoms with E-state index in [4.69, 9.17) is 14.3 Å². The van der Waals surface area contributed by atoms with Crippen molar-refractivity contribution in [2.24, 2.45) is 5.92 Å². The summed E-state index contributed by atoms with van der Waals surface area (Å²) >= 11 is 0. The highest BCUT2D eigenvalue weighted by Crippen LogP contribution is 2.48. The number of benzene rings is 4. The normalized spacial score (nSPS) is 20.2. The number of rotatable bonds is 6. The van der Waals surface area contributed by atoms with Gasteiger partial charge in [-0.1, -0.05) is 60.7 Å². The van der Waals surface area contributed by atoms with Crippen LogP contribution in [0.4, 0.5) is 11.4 Å². The van der Waals surface area contributed by atoms with Crippen LogP contribution in [0.3, 0.4) is 0 Å². The molecule has 0 radical (unpaired) electrons. The van der Waals surface area contributed by atoms with Crippen LogP contribution >= 0.6 is 0 Å². The van der Waals surface area contributed by atoms with Crippen molar-refractivity contribution in [1.29, 1.82) is 0 Å². The van der Waals surface area contributed by atoms with Crippen molar-refractivity contribution in [3.8, 4) is 11.5 Å². The summed E-state index contributed by atoms with van der Waals surface area (Å²) in [6, 6.07) is 31.2. The van der Waals surface area contributed by atoms with Crippen molar-refractivity contribution in [2.45, 2.75) is 12.1 Å². The first-order chi connectivity index (χ1) is 19.1. The van der Waals surface area contributed by atoms with E-state index in [1.165, 1.54) is 7.11 Å². The Bertz CT molecular complexity index is 1520. The number of nitrogens with zero attached hydrogens (tertiary/aromatic N) is 2. The molecule has 0 aliphatic carbocycles. The average molecular weight is 521 g/mol. The quantitative estimate of drug-likeness (QED) is 0.202. The van der Waals surface area contributed by atoms with Gasteiger partial charge in [0.25, 0.3) is 5.91 Å². The van der Waals surface area contributed by atoms with Crippen LogP contribution in [0, 0.1) is 5.92 Å². The molecule has 194 valence electrons. The van der Waals surface area contributed by atoms with Crippen LogP contribution in [0.5, 0.6) is 11.5 Å². The standard InChI is InChI=1S/C31H24N2O6/c1-37-25-15-9-8-14-24(25)32-29(34)26-27(33(39-28(26)30(32)35)22-12-6-3-7-13-22)20-16-18-23(19-17-20)38-31(36)21-10-4-2-5-11-21/h2-19,26-28H,1H3/t26-,27+,28+/m0/s1. The molecular formula is C31H24N2O6. The van der Waals surface area contributed by atoms with Crippen molar-refractivity contribution >= 4 is 29.2 Å². The van der Waals surface area contributed by atoms with E-state index >= 15 is 0 Å². The highest BCUT2D eigenvalue weighted by Gasteiger charge is 2.60. The van der Waals surface area contributed by atoms with Gasteiger partial charge in [0.1, 0.15) is 17.4 Å². The fourth-order valence-electron chi connectivity index (χ4n) is 5.08. The van der Waals surface area contributed by atoms with Gasteiger partial charge in [-0.15, -0.1) is 0 Å². The summed E-state index contributed by atoms with van der Waals surface area (Å²) in [6.45, 7) is 0. The number of ether oxygens (including phenoxy) is 2. The minimum Gasteiger partial charge on any atom is -0.495 e. The maximum Gasteiger partial charge on any atom is 0.343 e. The lowest BCUT2D eigenvalue weighted by molar-refractivity contribution is -0.126. The summed E-state index contributed by atoms with van der Waals surface area (Å²) in [5.41, 5.74) is 2.26. The molecule has 2 saturated heterocycles. The number of carbonyl (C=O) groups is 3. The number of esters is 1. The summed E-state index contributed by atoms with van der Waals surface area (Å²) in [6.07, 6.45) is -1.01. The van der Waals surface area contributed by atoms with Gasteiger partial charge in [-0.05, 0) is 54.1 Å². The van der Waals surface area contributed by atoms with Crippen molar-refractivity contribution in [3.63, 3.8) is 0 Å². The van der Waals surface area contributed by atoms with Gasteiger partial charge in [-0.3, -0.25) is 14.4 Å². The maximum atomic E-state index is 13.9. The predicted molar refractivity (Wildman–Crippen MR) is 143 cm³/mol. The summed E-state index contributed by atoms with van der Waals surface area (Å²) in [7, 11) is 1.49. The number of para-hydroxylation sites is 3. The lowest BCUT2D eigenvalue weighted by Gasteiger charge is -2.29. The van der Waals surface area contributed by atoms with E-state index in [1.54, 1.807) is 77.9 Å². The third-order valence-corrected chi connectivity index (χ3v) is 6.89. The van der Waals surface area contributed by atoms with E-state index in [-0.39, 0.29) is 5.91 Å². The topological polar surface area (TPSA) is 85.4 Å². The second kappa shape index (κ2) is 10.1. The molecule has 2 heterocycles. The molecule has 8 nitrogen and oxygen atoms in total. The van der Waals surface area contributed by atoms with E-state index in [2.05, 4.69) is 0 Å². The maximum absolute atomic E-state index is 13.9. The Kier molecular flexibility index (Phi) is 6.30. The van der Waals surface area contributed by atoms with Crippen LogP contribution in [0.15, 0.2) is 109 Å². The van der Waals surface area contributed by atoms with Gasteiger partial charge in [0.2, 0.25) is 5.91 Å². The molecular weight excluding hydrogens is 496 g/mol. The number of hydrogen-bond acceptors (Lipinski definition) is 7. The van der Waals surface area contributed by atoms with Crippen LogP contribution in [-0.2, 0) is 14.4 Å². The first-order valence-corrected chi connectivity index (χ1v) is 12.5. The lowest BCUT2D eigenvalue weighted by atomic mass is 9.90. The van der Waals surface area contributed by atoms with Crippen LogP contribution in [0.25, 0.3) is 0 Å². The van der Waals surface area contributed by atoms with Crippen molar-refractivity contribution in [2.75, 3.05) is 17.1 Å². The molecule has 0 spiro atoms. The van der Waals surface area contributed by atoms with E-state index in [0.29, 0.717) is 28.4 Å². The molecule has 2 amide bonds. The number of hydrogen-bond donors (Lipinski definition) is 0. The van der Waals surface area contributed by atoms with Gasteiger partial charge in [-0.25, -0.2) is 14.8 Å². The fraction of sp³-hybridized carbons (Fsp3) is 0.129. The molecule has 0 bridgehead atoms. The van der Waals surface area contributed by atoms with Crippen LogP contribution in [-0.4, -0.2) is 31.0 Å². The van der Waals surface area contributed by atoms with Gasteiger partial charge in [-0.2, -0.15) is 0 Å². The monoisotopic (exact) mass is 520 g/mol. The number of methoxy groups -OCH3 is 1. The lowest BCUT2D eigenvalue weighted by Crippen LogP contribution is -2.37. The summed E-state index contributed by atoms with van der Waals surface area (Å²) in [5.74, 6) is -1.33. The van der Waals surface area contributed by atoms with Gasteiger partial charge in [0, 0.05) is 0 Å². The highest BCUT2D eigenvalue weighted by atomic mass is 16.7. The van der Waals surface area contributed by atoms with Gasteiger partial charge in [0.05, 0.1) is 30.1 Å². The first-order valence-electron chi connectivity index (χ1n) is 12.5. The summed E-state index contributed by atoms with van der Waals surface area (Å²) in [4.78, 5) is 47.3. The van der Waals surface area contributed by atoms with E-state index < -0.39 is 29.9 Å². The van der Waals surface area contributed by atoms with Gasteiger partial charge in [0.15, 0.2) is 6.10 Å². The third-order valence-electron chi connectivity index (χ3n) is 6.89. The van der Waals surface area contributed by atoms with Crippen molar-refractivity contribution < 1.29 is 28.7 Å². The molecule has 0 saturated carbocycles. The van der Waals surface area contributed by atoms with E-state index in [9.17, 15) is 14.4 Å². The molecule has 0 unspecified atom stereocenters. The smallest absolute Gasteiger partial charge is 0.343 e. The Morgan fingerprint density at radius 1 is 0.769 bits per heavy atom. The van der Waals surface area contributed by atoms with Crippen LogP contribution in [0.2, 0.25) is 0 Å². The van der Waals surface area contributed by atoms with E-state index in [1.807, 2.05) is 36.4 Å². The highest BCUT2D eigenvalue weighted by molar-refractivity contribution is 6.24. The van der Waals surface area contributed by atoms with Crippen LogP contribution in [0.1, 0.15) is 22.0 Å². The van der Waals surface area contributed by atoms with Crippen molar-refractivity contribution in [1.82, 2.24) is 0 Å². The average Bonchev–Trinajstić information content (AvgIpc) is 3.49. The first kappa shape index (κ1) is 24.4. The fourth-order valence-corrected chi connectivity index (χ4v) is 5.08.